The van der Waals surface area contributed by atoms with E-state index < -0.39 is 11.7 Å². The van der Waals surface area contributed by atoms with Gasteiger partial charge in [0.2, 0.25) is 0 Å². The van der Waals surface area contributed by atoms with Crippen LogP contribution >= 0.6 is 11.8 Å². The maximum absolute atomic E-state index is 14.5. The van der Waals surface area contributed by atoms with E-state index in [1.165, 1.54) is 28.7 Å². The number of carbonyl (C=O) groups excluding carboxylic acids is 1. The first-order chi connectivity index (χ1) is 19.9. The normalized spacial score (nSPS) is 18.1. The van der Waals surface area contributed by atoms with Gasteiger partial charge in [-0.05, 0) is 25.0 Å². The molecule has 3 aromatic rings. The van der Waals surface area contributed by atoms with Crippen LogP contribution in [0.1, 0.15) is 56.5 Å². The highest BCUT2D eigenvalue weighted by atomic mass is 32.2. The van der Waals surface area contributed by atoms with E-state index in [2.05, 4.69) is 9.78 Å². The zero-order valence-corrected chi connectivity index (χ0v) is 25.0. The first-order valence-corrected chi connectivity index (χ1v) is 15.0. The standard InChI is InChI=1S/C29H35F3N6O3S/c1-28(2,3)42-27(39)36-8-5-23-21(17-36)26(34-38(23)19-6-10-40-11-7-19)37-9-12-41-25-13-20(18-15-33-35(4)16-18)22(14-24(25)37)29(30,31)32/h13-16,19H,5-12,17H2,1-4H3. The predicted octanol–water partition coefficient (Wildman–Crippen LogP) is 6.19. The van der Waals surface area contributed by atoms with Crippen molar-refractivity contribution in [3.8, 4) is 16.9 Å². The van der Waals surface area contributed by atoms with Gasteiger partial charge >= 0.3 is 6.18 Å². The number of rotatable bonds is 3. The molecule has 42 heavy (non-hydrogen) atoms. The number of aryl methyl sites for hydroxylation is 1. The molecule has 1 amide bonds. The largest absolute Gasteiger partial charge is 0.490 e. The number of fused-ring (bicyclic) bond motifs is 2. The summed E-state index contributed by atoms with van der Waals surface area (Å²) in [5.74, 6) is 0.941. The lowest BCUT2D eigenvalue weighted by Gasteiger charge is -2.34. The van der Waals surface area contributed by atoms with E-state index in [1.54, 1.807) is 13.2 Å². The molecule has 226 valence electrons. The fourth-order valence-corrected chi connectivity index (χ4v) is 6.68. The molecule has 2 aromatic heterocycles. The highest BCUT2D eigenvalue weighted by Gasteiger charge is 2.39. The molecule has 5 heterocycles. The van der Waals surface area contributed by atoms with Crippen LogP contribution in [0.2, 0.25) is 0 Å². The minimum absolute atomic E-state index is 0.0132. The molecule has 0 atom stereocenters. The Kier molecular flexibility index (Phi) is 7.45. The van der Waals surface area contributed by atoms with E-state index in [9.17, 15) is 18.0 Å². The average molecular weight is 605 g/mol. The van der Waals surface area contributed by atoms with Gasteiger partial charge in [-0.3, -0.25) is 14.2 Å². The molecular weight excluding hydrogens is 569 g/mol. The van der Waals surface area contributed by atoms with Gasteiger partial charge in [0.15, 0.2) is 5.82 Å². The van der Waals surface area contributed by atoms with Gasteiger partial charge < -0.3 is 19.3 Å². The number of anilines is 2. The zero-order valence-electron chi connectivity index (χ0n) is 24.2. The van der Waals surface area contributed by atoms with Crippen LogP contribution in [0.25, 0.3) is 11.1 Å². The fourth-order valence-electron chi connectivity index (χ4n) is 5.88. The minimum atomic E-state index is -4.60. The zero-order chi connectivity index (χ0) is 29.8. The first-order valence-electron chi connectivity index (χ1n) is 14.2. The number of ether oxygens (including phenoxy) is 2. The number of amides is 1. The topological polar surface area (TPSA) is 77.7 Å². The van der Waals surface area contributed by atoms with E-state index in [0.29, 0.717) is 62.1 Å². The molecule has 9 nitrogen and oxygen atoms in total. The second kappa shape index (κ2) is 10.8. The second-order valence-electron chi connectivity index (χ2n) is 12.0. The van der Waals surface area contributed by atoms with Crippen molar-refractivity contribution in [3.05, 3.63) is 41.3 Å². The van der Waals surface area contributed by atoms with Gasteiger partial charge in [-0.2, -0.15) is 23.4 Å². The molecule has 0 N–H and O–H groups in total. The van der Waals surface area contributed by atoms with Crippen LogP contribution in [0, 0.1) is 0 Å². The Balaban J connectivity index is 1.45. The number of thioether (sulfide) groups is 1. The molecule has 13 heteroatoms. The number of halogens is 3. The summed E-state index contributed by atoms with van der Waals surface area (Å²) in [7, 11) is 1.67. The summed E-state index contributed by atoms with van der Waals surface area (Å²) < 4.78 is 58.2. The van der Waals surface area contributed by atoms with E-state index in [-0.39, 0.29) is 28.2 Å². The highest BCUT2D eigenvalue weighted by Crippen LogP contribution is 2.47. The van der Waals surface area contributed by atoms with Gasteiger partial charge in [-0.25, -0.2) is 0 Å². The molecule has 6 rings (SSSR count). The summed E-state index contributed by atoms with van der Waals surface area (Å²) in [5, 5.41) is 9.13. The molecule has 0 bridgehead atoms. The lowest BCUT2D eigenvalue weighted by atomic mass is 9.99. The van der Waals surface area contributed by atoms with Crippen LogP contribution < -0.4 is 9.64 Å². The Labute approximate surface area is 246 Å². The van der Waals surface area contributed by atoms with Crippen LogP contribution in [0.15, 0.2) is 24.5 Å². The SMILES string of the molecule is Cn1cc(-c2cc3c(cc2C(F)(F)F)N(c2nn(C4CCOCC4)c4c2CN(C(=O)SC(C)(C)C)CC4)CCO3)cn1. The summed E-state index contributed by atoms with van der Waals surface area (Å²) in [6.45, 7) is 8.80. The summed E-state index contributed by atoms with van der Waals surface area (Å²) in [6, 6.07) is 2.75. The van der Waals surface area contributed by atoms with Gasteiger partial charge in [0.25, 0.3) is 5.24 Å². The van der Waals surface area contributed by atoms with Crippen molar-refractivity contribution in [1.29, 1.82) is 0 Å². The summed E-state index contributed by atoms with van der Waals surface area (Å²) in [5.41, 5.74) is 1.85. The molecule has 0 saturated carbocycles. The number of nitrogens with zero attached hydrogens (tertiary/aromatic N) is 6. The average Bonchev–Trinajstić information content (AvgIpc) is 3.54. The molecule has 1 aromatic carbocycles. The quantitative estimate of drug-likeness (QED) is 0.353. The third-order valence-corrected chi connectivity index (χ3v) is 8.84. The Bertz CT molecular complexity index is 1490. The van der Waals surface area contributed by atoms with E-state index in [4.69, 9.17) is 14.6 Å². The highest BCUT2D eigenvalue weighted by molar-refractivity contribution is 8.14. The predicted molar refractivity (Wildman–Crippen MR) is 154 cm³/mol. The number of hydrogen-bond acceptors (Lipinski definition) is 7. The van der Waals surface area contributed by atoms with E-state index >= 15 is 0 Å². The van der Waals surface area contributed by atoms with Crippen LogP contribution in [-0.4, -0.2) is 67.4 Å². The Morgan fingerprint density at radius 1 is 1.10 bits per heavy atom. The van der Waals surface area contributed by atoms with Crippen molar-refractivity contribution in [2.75, 3.05) is 37.8 Å². The Morgan fingerprint density at radius 2 is 1.86 bits per heavy atom. The maximum Gasteiger partial charge on any atom is 0.417 e. The minimum Gasteiger partial charge on any atom is -0.490 e. The maximum atomic E-state index is 14.5. The van der Waals surface area contributed by atoms with Gasteiger partial charge in [0.1, 0.15) is 12.4 Å². The van der Waals surface area contributed by atoms with E-state index in [1.807, 2.05) is 30.6 Å². The molecule has 0 aliphatic carbocycles. The summed E-state index contributed by atoms with van der Waals surface area (Å²) in [6.07, 6.45) is 0.624. The van der Waals surface area contributed by atoms with Gasteiger partial charge in [0.05, 0.1) is 36.6 Å². The van der Waals surface area contributed by atoms with Crippen LogP contribution in [0.4, 0.5) is 29.5 Å². The molecule has 3 aliphatic rings. The van der Waals surface area contributed by atoms with Crippen LogP contribution in [0.3, 0.4) is 0 Å². The van der Waals surface area contributed by atoms with E-state index in [0.717, 1.165) is 30.2 Å². The van der Waals surface area contributed by atoms with Gasteiger partial charge in [0, 0.05) is 66.6 Å². The number of aromatic nitrogens is 4. The second-order valence-corrected chi connectivity index (χ2v) is 13.7. The Morgan fingerprint density at radius 3 is 2.52 bits per heavy atom. The van der Waals surface area contributed by atoms with Crippen LogP contribution in [0.5, 0.6) is 5.75 Å². The number of hydrogen-bond donors (Lipinski definition) is 0. The monoisotopic (exact) mass is 604 g/mol. The Hall–Kier alpha value is -3.19. The summed E-state index contributed by atoms with van der Waals surface area (Å²) in [4.78, 5) is 16.9. The van der Waals surface area contributed by atoms with Gasteiger partial charge in [-0.15, -0.1) is 0 Å². The fraction of sp³-hybridized carbons (Fsp3) is 0.552. The van der Waals surface area contributed by atoms with Crippen LogP contribution in [-0.2, 0) is 30.9 Å². The molecule has 1 fully saturated rings. The van der Waals surface area contributed by atoms with Crippen molar-refractivity contribution in [2.45, 2.75) is 63.5 Å². The third-order valence-electron chi connectivity index (χ3n) is 7.79. The molecular formula is C29H35F3N6O3S. The summed E-state index contributed by atoms with van der Waals surface area (Å²) >= 11 is 1.29. The molecule has 0 radical (unpaired) electrons. The van der Waals surface area contributed by atoms with Crippen molar-refractivity contribution in [2.24, 2.45) is 7.05 Å². The van der Waals surface area contributed by atoms with Crippen molar-refractivity contribution >= 4 is 28.5 Å². The first kappa shape index (κ1) is 28.9. The van der Waals surface area contributed by atoms with Crippen molar-refractivity contribution < 1.29 is 27.4 Å². The molecule has 3 aliphatic heterocycles. The lowest BCUT2D eigenvalue weighted by molar-refractivity contribution is -0.137. The lowest BCUT2D eigenvalue weighted by Crippen LogP contribution is -2.37. The third kappa shape index (κ3) is 5.60. The number of carbonyl (C=O) groups is 1. The molecule has 1 saturated heterocycles. The number of benzene rings is 1. The van der Waals surface area contributed by atoms with Crippen molar-refractivity contribution in [1.82, 2.24) is 24.5 Å². The van der Waals surface area contributed by atoms with Gasteiger partial charge in [-0.1, -0.05) is 32.5 Å². The number of alkyl halides is 3. The van der Waals surface area contributed by atoms with Crippen molar-refractivity contribution in [3.63, 3.8) is 0 Å². The smallest absolute Gasteiger partial charge is 0.417 e. The molecule has 0 spiro atoms. The molecule has 0 unspecified atom stereocenters.